The standard InChI is InChI=1S/2C3H4O4.H2O.O.V/c2*4-2(5)1-3(6)7;;;/h2*1H2,(H,4,5)(H,6,7);1H2;;/p-1. The molecule has 17 heavy (non-hydrogen) atoms. The van der Waals surface area contributed by atoms with Crippen molar-refractivity contribution < 1.29 is 66.1 Å². The van der Waals surface area contributed by atoms with Gasteiger partial charge in [-0.3, -0.25) is 9.59 Å². The van der Waals surface area contributed by atoms with Gasteiger partial charge in [0.2, 0.25) is 0 Å². The van der Waals surface area contributed by atoms with Crippen LogP contribution in [0.3, 0.4) is 0 Å². The van der Waals surface area contributed by atoms with Crippen molar-refractivity contribution in [3.05, 3.63) is 0 Å². The van der Waals surface area contributed by atoms with Gasteiger partial charge in [0.1, 0.15) is 0 Å². The summed E-state index contributed by atoms with van der Waals surface area (Å²) in [5, 5.41) is 34.0. The molecule has 99 valence electrons. The molecule has 5 N–H and O–H groups in total. The monoisotopic (exact) mass is 292 g/mol. The van der Waals surface area contributed by atoms with Crippen molar-refractivity contribution in [1.29, 1.82) is 0 Å². The molecule has 0 unspecified atom stereocenters. The second-order valence-corrected chi connectivity index (χ2v) is 1.89. The zero-order valence-corrected chi connectivity index (χ0v) is 9.59. The number of carboxylic acid groups (broad SMARTS) is 4. The van der Waals surface area contributed by atoms with Crippen molar-refractivity contribution in [1.82, 2.24) is 0 Å². The van der Waals surface area contributed by atoms with Gasteiger partial charge in [-0.2, -0.15) is 0 Å². The van der Waals surface area contributed by atoms with Crippen molar-refractivity contribution in [2.24, 2.45) is 0 Å². The Morgan fingerprint density at radius 2 is 1.00 bits per heavy atom. The first kappa shape index (κ1) is 24.5. The average molecular weight is 292 g/mol. The maximum atomic E-state index is 9.39. The number of hydrogen-bond donors (Lipinski definition) is 2. The average Bonchev–Trinajstić information content (AvgIpc) is 2.03. The number of carboxylic acids is 4. The summed E-state index contributed by atoms with van der Waals surface area (Å²) >= 11 is 1.06. The Bertz CT molecular complexity index is 212. The van der Waals surface area contributed by atoms with Gasteiger partial charge in [-0.05, 0) is 0 Å². The summed E-state index contributed by atoms with van der Waals surface area (Å²) in [6.45, 7) is 0. The number of rotatable bonds is 4. The Labute approximate surface area is 103 Å². The van der Waals surface area contributed by atoms with Crippen LogP contribution in [-0.2, 0) is 45.7 Å². The molecule has 11 heteroatoms. The van der Waals surface area contributed by atoms with Crippen LogP contribution >= 0.6 is 0 Å². The molecule has 0 fully saturated rings. The number of aliphatic carboxylic acids is 4. The van der Waals surface area contributed by atoms with Crippen LogP contribution in [0.1, 0.15) is 12.8 Å². The van der Waals surface area contributed by atoms with Crippen molar-refractivity contribution in [2.45, 2.75) is 12.8 Å². The van der Waals surface area contributed by atoms with E-state index in [0.29, 0.717) is 0 Å². The fraction of sp³-hybridized carbons (Fsp3) is 0.333. The van der Waals surface area contributed by atoms with Gasteiger partial charge in [-0.15, -0.1) is 0 Å². The first-order valence-corrected chi connectivity index (χ1v) is 3.84. The Morgan fingerprint density at radius 1 is 0.824 bits per heavy atom. The Balaban J connectivity index is -0.0000000823. The molecule has 0 atom stereocenters. The molecule has 0 radical (unpaired) electrons. The van der Waals surface area contributed by atoms with E-state index >= 15 is 0 Å². The molecule has 0 rings (SSSR count). The summed E-state index contributed by atoms with van der Waals surface area (Å²) in [6.07, 6.45) is -1.83. The van der Waals surface area contributed by atoms with Gasteiger partial charge >= 0.3 is 33.0 Å². The maximum absolute atomic E-state index is 9.39. The van der Waals surface area contributed by atoms with Gasteiger partial charge in [0.25, 0.3) is 0 Å². The van der Waals surface area contributed by atoms with Crippen LogP contribution in [-0.4, -0.2) is 34.1 Å². The second-order valence-electron chi connectivity index (χ2n) is 1.89. The molecule has 10 nitrogen and oxygen atoms in total. The zero-order chi connectivity index (χ0) is 13.7. The van der Waals surface area contributed by atoms with Gasteiger partial charge in [-0.1, -0.05) is 0 Å². The van der Waals surface area contributed by atoms with E-state index in [9.17, 15) is 29.4 Å². The summed E-state index contributed by atoms with van der Waals surface area (Å²) in [5.74, 6) is -5.88. The van der Waals surface area contributed by atoms with E-state index in [-0.39, 0.29) is 5.48 Å². The van der Waals surface area contributed by atoms with Gasteiger partial charge in [0.05, 0.1) is 24.8 Å². The van der Waals surface area contributed by atoms with Crippen molar-refractivity contribution in [3.8, 4) is 0 Å². The minimum atomic E-state index is -1.56. The Morgan fingerprint density at radius 3 is 1.00 bits per heavy atom. The molecule has 0 spiro atoms. The van der Waals surface area contributed by atoms with Gasteiger partial charge in [0, 0.05) is 0 Å². The Hall–Kier alpha value is -1.78. The summed E-state index contributed by atoms with van der Waals surface area (Å²) < 4.78 is 8.19. The van der Waals surface area contributed by atoms with Gasteiger partial charge in [0.15, 0.2) is 0 Å². The topological polar surface area (TPSA) is 205 Å². The van der Waals surface area contributed by atoms with E-state index in [1.165, 1.54) is 0 Å². The molecule has 0 aliphatic heterocycles. The van der Waals surface area contributed by atoms with Crippen LogP contribution < -0.4 is 10.2 Å². The van der Waals surface area contributed by atoms with Crippen LogP contribution in [0.15, 0.2) is 0 Å². The molecular weight excluding hydrogens is 283 g/mol. The van der Waals surface area contributed by atoms with E-state index in [1.807, 2.05) is 0 Å². The van der Waals surface area contributed by atoms with E-state index in [0.717, 1.165) is 17.4 Å². The van der Waals surface area contributed by atoms with Crippen molar-refractivity contribution in [3.63, 3.8) is 0 Å². The fourth-order valence-corrected chi connectivity index (χ4v) is 0.247. The minimum absolute atomic E-state index is 0. The fourth-order valence-electron chi connectivity index (χ4n) is 0.247. The molecule has 0 bridgehead atoms. The van der Waals surface area contributed by atoms with Crippen LogP contribution in [0.25, 0.3) is 0 Å². The zero-order valence-electron chi connectivity index (χ0n) is 8.19. The van der Waals surface area contributed by atoms with E-state index in [4.69, 9.17) is 13.9 Å². The summed E-state index contributed by atoms with van der Waals surface area (Å²) in [5.41, 5.74) is 0. The number of carbonyl (C=O) groups is 4. The quantitative estimate of drug-likeness (QED) is 0.376. The predicted octanol–water partition coefficient (Wildman–Crippen LogP) is -4.62. The van der Waals surface area contributed by atoms with Gasteiger partial charge in [-0.25, -0.2) is 0 Å². The number of carbonyl (C=O) groups excluding carboxylic acids is 2. The van der Waals surface area contributed by atoms with E-state index in [2.05, 4.69) is 0 Å². The summed E-state index contributed by atoms with van der Waals surface area (Å²) in [4.78, 5) is 37.4. The van der Waals surface area contributed by atoms with Crippen LogP contribution in [0.5, 0.6) is 0 Å². The van der Waals surface area contributed by atoms with Crippen LogP contribution in [0.2, 0.25) is 0 Å². The SMILES string of the molecule is O=C([O-])CC(=O)O.O=C([O-])CC(=O)O.[OH3+].[O]=[V]. The molecule has 0 saturated carbocycles. The van der Waals surface area contributed by atoms with Crippen LogP contribution in [0.4, 0.5) is 0 Å². The van der Waals surface area contributed by atoms with E-state index in [1.54, 1.807) is 0 Å². The molecule has 0 heterocycles. The third kappa shape index (κ3) is 54.9. The molecule has 0 aromatic rings. The summed E-state index contributed by atoms with van der Waals surface area (Å²) in [6, 6.07) is 0. The van der Waals surface area contributed by atoms with Crippen molar-refractivity contribution >= 4 is 23.9 Å². The van der Waals surface area contributed by atoms with Crippen LogP contribution in [0, 0.1) is 0 Å². The van der Waals surface area contributed by atoms with E-state index < -0.39 is 36.7 Å². The first-order valence-electron chi connectivity index (χ1n) is 3.27. The molecule has 0 aliphatic carbocycles. The normalized spacial score (nSPS) is 6.76. The molecular formula is C6H9O10V-. The summed E-state index contributed by atoms with van der Waals surface area (Å²) in [7, 11) is 0. The number of hydrogen-bond acceptors (Lipinski definition) is 7. The van der Waals surface area contributed by atoms with Gasteiger partial charge < -0.3 is 35.5 Å². The second kappa shape index (κ2) is 16.6. The predicted molar refractivity (Wildman–Crippen MR) is 40.1 cm³/mol. The third-order valence-electron chi connectivity index (χ3n) is 0.591. The first-order chi connectivity index (χ1) is 7.25. The molecule has 0 aromatic heterocycles. The Kier molecular flexibility index (Phi) is 23.9. The molecule has 0 aliphatic rings. The molecule has 0 saturated heterocycles. The third-order valence-corrected chi connectivity index (χ3v) is 0.591. The molecule has 0 aromatic carbocycles. The van der Waals surface area contributed by atoms with Crippen molar-refractivity contribution in [2.75, 3.05) is 0 Å². The molecule has 0 amide bonds.